The minimum atomic E-state index is -0.495. The Balaban J connectivity index is 2.01. The monoisotopic (exact) mass is 239 g/mol. The Morgan fingerprint density at radius 1 is 1.06 bits per heavy atom. The molecule has 0 spiro atoms. The van der Waals surface area contributed by atoms with Gasteiger partial charge in [-0.25, -0.2) is 0 Å². The molecule has 0 radical (unpaired) electrons. The van der Waals surface area contributed by atoms with Crippen molar-refractivity contribution in [3.63, 3.8) is 0 Å². The molecule has 4 nitrogen and oxygen atoms in total. The summed E-state index contributed by atoms with van der Waals surface area (Å²) in [4.78, 5) is 4.02. The summed E-state index contributed by atoms with van der Waals surface area (Å²) >= 11 is 0. The number of hydrogen-bond acceptors (Lipinski definition) is 4. The topological polar surface area (TPSA) is 40.6 Å². The third-order valence-corrected chi connectivity index (χ3v) is 2.32. The summed E-state index contributed by atoms with van der Waals surface area (Å²) in [6.07, 6.45) is 5.36. The molecule has 0 amide bonds. The van der Waals surface area contributed by atoms with Gasteiger partial charge in [-0.3, -0.25) is 4.98 Å². The van der Waals surface area contributed by atoms with Crippen molar-refractivity contribution in [2.45, 2.75) is 0 Å². The van der Waals surface area contributed by atoms with E-state index >= 15 is 0 Å². The highest BCUT2D eigenvalue weighted by molar-refractivity contribution is 6.79. The van der Waals surface area contributed by atoms with Crippen LogP contribution >= 0.6 is 0 Å². The molecule has 7 heteroatoms. The lowest BCUT2D eigenvalue weighted by Gasteiger charge is -2.26. The van der Waals surface area contributed by atoms with Crippen LogP contribution < -0.4 is 0 Å². The Morgan fingerprint density at radius 3 is 2.28 bits per heavy atom. The molecule has 2 heterocycles. The minimum absolute atomic E-state index is 0.495. The first-order valence-corrected chi connectivity index (χ1v) is 5.61. The van der Waals surface area contributed by atoms with E-state index in [1.807, 2.05) is 18.2 Å². The molecule has 0 atom stereocenters. The summed E-state index contributed by atoms with van der Waals surface area (Å²) < 4.78 is 16.3. The Morgan fingerprint density at radius 2 is 1.72 bits per heavy atom. The summed E-state index contributed by atoms with van der Waals surface area (Å²) in [5, 5.41) is 0. The predicted molar refractivity (Wildman–Crippen MR) is 74.2 cm³/mol. The minimum Gasteiger partial charge on any atom is -0.445 e. The smallest absolute Gasteiger partial charge is 0.445 e. The van der Waals surface area contributed by atoms with E-state index in [9.17, 15) is 0 Å². The highest BCUT2D eigenvalue weighted by Crippen LogP contribution is 2.11. The molecule has 0 N–H and O–H groups in total. The van der Waals surface area contributed by atoms with Crippen LogP contribution in [0.3, 0.4) is 0 Å². The number of rotatable bonds is 4. The Hall–Kier alpha value is -1.56. The quantitative estimate of drug-likeness (QED) is 0.748. The second kappa shape index (κ2) is 6.40. The average Bonchev–Trinajstić information content (AvgIpc) is 2.45. The molecule has 1 fully saturated rings. The standard InChI is InChI=1S/C11H12B3NO3/c1-3-12-16-13(4-2)18-14(17-12)8-7-11-6-5-9-15-10-11/h3-10H,1-2H2/b8-7-. The summed E-state index contributed by atoms with van der Waals surface area (Å²) in [7, 11) is -1.49. The van der Waals surface area contributed by atoms with E-state index in [1.165, 1.54) is 0 Å². The van der Waals surface area contributed by atoms with E-state index in [-0.39, 0.29) is 0 Å². The third kappa shape index (κ3) is 3.47. The van der Waals surface area contributed by atoms with Crippen LogP contribution in [0.25, 0.3) is 6.08 Å². The lowest BCUT2D eigenvalue weighted by molar-refractivity contribution is 0.306. The molecule has 0 unspecified atom stereocenters. The maximum atomic E-state index is 5.47. The van der Waals surface area contributed by atoms with Gasteiger partial charge in [0.25, 0.3) is 0 Å². The Labute approximate surface area is 108 Å². The van der Waals surface area contributed by atoms with Gasteiger partial charge in [-0.15, -0.1) is 13.2 Å². The molecule has 18 heavy (non-hydrogen) atoms. The first-order chi connectivity index (χ1) is 8.81. The summed E-state index contributed by atoms with van der Waals surface area (Å²) in [5.74, 6) is 4.94. The van der Waals surface area contributed by atoms with Crippen molar-refractivity contribution in [3.05, 3.63) is 61.2 Å². The molecular weight excluding hydrogens is 227 g/mol. The van der Waals surface area contributed by atoms with E-state index < -0.39 is 21.4 Å². The molecule has 0 aliphatic carbocycles. The molecule has 0 saturated carbocycles. The van der Waals surface area contributed by atoms with Crippen LogP contribution in [0, 0.1) is 0 Å². The largest absolute Gasteiger partial charge is 0.459 e. The molecule has 0 bridgehead atoms. The van der Waals surface area contributed by atoms with Gasteiger partial charge in [0.05, 0.1) is 0 Å². The van der Waals surface area contributed by atoms with Gasteiger partial charge in [0, 0.05) is 12.4 Å². The zero-order valence-corrected chi connectivity index (χ0v) is 9.94. The van der Waals surface area contributed by atoms with Crippen molar-refractivity contribution in [1.82, 2.24) is 4.98 Å². The van der Waals surface area contributed by atoms with E-state index in [0.29, 0.717) is 0 Å². The number of pyridine rings is 1. The zero-order valence-electron chi connectivity index (χ0n) is 9.94. The van der Waals surface area contributed by atoms with Gasteiger partial charge in [-0.1, -0.05) is 30.1 Å². The average molecular weight is 239 g/mol. The van der Waals surface area contributed by atoms with Crippen molar-refractivity contribution in [1.29, 1.82) is 0 Å². The highest BCUT2D eigenvalue weighted by atomic mass is 16.7. The van der Waals surface area contributed by atoms with E-state index in [1.54, 1.807) is 30.3 Å². The van der Waals surface area contributed by atoms with Crippen molar-refractivity contribution < 1.29 is 13.7 Å². The molecule has 1 aliphatic heterocycles. The Kier molecular flexibility index (Phi) is 4.58. The van der Waals surface area contributed by atoms with Gasteiger partial charge in [0.1, 0.15) is 0 Å². The lowest BCUT2D eigenvalue weighted by Crippen LogP contribution is -2.46. The van der Waals surface area contributed by atoms with Crippen molar-refractivity contribution in [2.24, 2.45) is 0 Å². The second-order valence-electron chi connectivity index (χ2n) is 3.63. The van der Waals surface area contributed by atoms with Crippen LogP contribution in [0.1, 0.15) is 5.56 Å². The van der Waals surface area contributed by atoms with Crippen LogP contribution in [0.5, 0.6) is 0 Å². The fourth-order valence-corrected chi connectivity index (χ4v) is 1.47. The number of nitrogens with zero attached hydrogens (tertiary/aromatic N) is 1. The lowest BCUT2D eigenvalue weighted by atomic mass is 9.70. The number of aromatic nitrogens is 1. The molecule has 1 aromatic heterocycles. The van der Waals surface area contributed by atoms with Crippen LogP contribution in [0.15, 0.2) is 55.6 Å². The van der Waals surface area contributed by atoms with Crippen LogP contribution in [-0.4, -0.2) is 26.3 Å². The molecule has 1 aliphatic rings. The van der Waals surface area contributed by atoms with Gasteiger partial charge >= 0.3 is 21.4 Å². The highest BCUT2D eigenvalue weighted by Gasteiger charge is 2.36. The fraction of sp³-hybridized carbons (Fsp3) is 0. The van der Waals surface area contributed by atoms with Crippen LogP contribution in [0.2, 0.25) is 0 Å². The maximum absolute atomic E-state index is 5.47. The van der Waals surface area contributed by atoms with Gasteiger partial charge in [0.15, 0.2) is 0 Å². The third-order valence-electron chi connectivity index (χ3n) is 2.32. The SMILES string of the molecule is C=CB1OB(C=C)OB(/C=C\c2cccnc2)O1. The second-order valence-corrected chi connectivity index (χ2v) is 3.63. The molecular formula is C11H12B3NO3. The summed E-state index contributed by atoms with van der Waals surface area (Å²) in [6, 6.07) is 3.81. The summed E-state index contributed by atoms with van der Waals surface area (Å²) in [5.41, 5.74) is 0.974. The predicted octanol–water partition coefficient (Wildman–Crippen LogP) is 1.61. The fourth-order valence-electron chi connectivity index (χ4n) is 1.47. The Bertz CT molecular complexity index is 424. The molecule has 2 rings (SSSR count). The van der Waals surface area contributed by atoms with Gasteiger partial charge < -0.3 is 13.7 Å². The number of hydrogen-bond donors (Lipinski definition) is 0. The van der Waals surface area contributed by atoms with Crippen LogP contribution in [0.4, 0.5) is 0 Å². The van der Waals surface area contributed by atoms with Crippen molar-refractivity contribution >= 4 is 27.4 Å². The maximum Gasteiger partial charge on any atom is 0.459 e. The molecule has 1 aromatic rings. The molecule has 1 saturated heterocycles. The van der Waals surface area contributed by atoms with Gasteiger partial charge in [-0.05, 0) is 11.6 Å². The van der Waals surface area contributed by atoms with Gasteiger partial charge in [0.2, 0.25) is 0 Å². The van der Waals surface area contributed by atoms with E-state index in [0.717, 1.165) is 5.56 Å². The normalized spacial score (nSPS) is 16.1. The first kappa shape index (κ1) is 12.9. The van der Waals surface area contributed by atoms with Crippen molar-refractivity contribution in [3.8, 4) is 0 Å². The van der Waals surface area contributed by atoms with Crippen molar-refractivity contribution in [2.75, 3.05) is 0 Å². The van der Waals surface area contributed by atoms with E-state index in [2.05, 4.69) is 18.1 Å². The van der Waals surface area contributed by atoms with E-state index in [4.69, 9.17) is 13.7 Å². The first-order valence-electron chi connectivity index (χ1n) is 5.61. The molecule has 88 valence electrons. The van der Waals surface area contributed by atoms with Gasteiger partial charge in [-0.2, -0.15) is 0 Å². The molecule has 0 aromatic carbocycles. The van der Waals surface area contributed by atoms with Crippen LogP contribution in [-0.2, 0) is 13.7 Å². The zero-order chi connectivity index (χ0) is 12.8. The summed E-state index contributed by atoms with van der Waals surface area (Å²) in [6.45, 7) is 7.26.